The summed E-state index contributed by atoms with van der Waals surface area (Å²) in [5, 5.41) is 0.202. The van der Waals surface area contributed by atoms with Gasteiger partial charge in [0.2, 0.25) is 0 Å². The van der Waals surface area contributed by atoms with E-state index in [2.05, 4.69) is 97.6 Å². The van der Waals surface area contributed by atoms with Crippen molar-refractivity contribution >= 4 is 28.8 Å². The van der Waals surface area contributed by atoms with E-state index in [9.17, 15) is 0 Å². The first-order valence-corrected chi connectivity index (χ1v) is 10.4. The average molecular weight is 373 g/mol. The van der Waals surface area contributed by atoms with Crippen LogP contribution in [0.3, 0.4) is 0 Å². The zero-order chi connectivity index (χ0) is 18.6. The summed E-state index contributed by atoms with van der Waals surface area (Å²) in [6.45, 7) is 6.43. The number of rotatable bonds is 5. The number of thioether (sulfide) groups is 1. The van der Waals surface area contributed by atoms with Gasteiger partial charge in [0.25, 0.3) is 0 Å². The molecule has 0 radical (unpaired) electrons. The van der Waals surface area contributed by atoms with Gasteiger partial charge in [-0.25, -0.2) is 0 Å². The monoisotopic (exact) mass is 372 g/mol. The van der Waals surface area contributed by atoms with E-state index in [1.165, 1.54) is 21.7 Å². The molecule has 0 saturated heterocycles. The summed E-state index contributed by atoms with van der Waals surface area (Å²) in [6, 6.07) is 27.9. The number of aliphatic imine (C=N–C) groups is 1. The zero-order valence-electron chi connectivity index (χ0n) is 15.8. The summed E-state index contributed by atoms with van der Waals surface area (Å²) in [7, 11) is 0. The molecule has 0 aromatic heterocycles. The molecular formula is C24H24N2S. The van der Waals surface area contributed by atoms with Crippen LogP contribution in [0.1, 0.15) is 30.2 Å². The van der Waals surface area contributed by atoms with E-state index in [0.717, 1.165) is 24.5 Å². The second kappa shape index (κ2) is 8.01. The number of anilines is 1. The predicted octanol–water partition coefficient (Wildman–Crippen LogP) is 6.50. The first kappa shape index (κ1) is 17.9. The van der Waals surface area contributed by atoms with Crippen molar-refractivity contribution in [2.45, 2.75) is 24.0 Å². The summed E-state index contributed by atoms with van der Waals surface area (Å²) >= 11 is 1.91. The Kier molecular flexibility index (Phi) is 5.30. The highest BCUT2D eigenvalue weighted by Gasteiger charge is 2.27. The third kappa shape index (κ3) is 3.65. The molecule has 136 valence electrons. The number of hydrogen-bond acceptors (Lipinski definition) is 3. The van der Waals surface area contributed by atoms with Crippen molar-refractivity contribution in [1.29, 1.82) is 0 Å². The lowest BCUT2D eigenvalue weighted by Crippen LogP contribution is -2.22. The molecule has 1 heterocycles. The van der Waals surface area contributed by atoms with Crippen LogP contribution in [0.5, 0.6) is 0 Å². The molecule has 0 bridgehead atoms. The van der Waals surface area contributed by atoms with Crippen LogP contribution < -0.4 is 4.90 Å². The third-order valence-electron chi connectivity index (χ3n) is 4.98. The van der Waals surface area contributed by atoms with E-state index >= 15 is 0 Å². The lowest BCUT2D eigenvalue weighted by Gasteiger charge is -2.27. The Morgan fingerprint density at radius 3 is 2.19 bits per heavy atom. The molecule has 3 heteroatoms. The van der Waals surface area contributed by atoms with Crippen molar-refractivity contribution in [3.63, 3.8) is 0 Å². The smallest absolute Gasteiger partial charge is 0.0773 e. The van der Waals surface area contributed by atoms with Gasteiger partial charge in [0.1, 0.15) is 0 Å². The molecule has 0 spiro atoms. The van der Waals surface area contributed by atoms with Crippen LogP contribution in [0.2, 0.25) is 0 Å². The molecule has 1 aliphatic rings. The van der Waals surface area contributed by atoms with Crippen LogP contribution in [-0.4, -0.2) is 18.8 Å². The molecule has 1 atom stereocenters. The molecule has 0 N–H and O–H groups in total. The van der Waals surface area contributed by atoms with Gasteiger partial charge in [-0.2, -0.15) is 0 Å². The maximum absolute atomic E-state index is 5.10. The predicted molar refractivity (Wildman–Crippen MR) is 118 cm³/mol. The highest BCUT2D eigenvalue weighted by atomic mass is 32.2. The fraction of sp³-hybridized carbons (Fsp3) is 0.208. The molecule has 0 fully saturated rings. The van der Waals surface area contributed by atoms with Crippen molar-refractivity contribution < 1.29 is 0 Å². The van der Waals surface area contributed by atoms with E-state index in [1.807, 2.05) is 11.8 Å². The summed E-state index contributed by atoms with van der Waals surface area (Å²) in [5.41, 5.74) is 5.97. The Labute approximate surface area is 166 Å². The molecule has 4 rings (SSSR count). The maximum atomic E-state index is 5.10. The van der Waals surface area contributed by atoms with Gasteiger partial charge in [-0.05, 0) is 43.2 Å². The van der Waals surface area contributed by atoms with Crippen LogP contribution >= 0.6 is 11.8 Å². The largest absolute Gasteiger partial charge is 0.372 e. The highest BCUT2D eigenvalue weighted by molar-refractivity contribution is 8.00. The minimum atomic E-state index is 0.202. The topological polar surface area (TPSA) is 15.6 Å². The first-order valence-electron chi connectivity index (χ1n) is 9.54. The fourth-order valence-corrected chi connectivity index (χ4v) is 4.80. The van der Waals surface area contributed by atoms with Crippen LogP contribution in [0.25, 0.3) is 0 Å². The van der Waals surface area contributed by atoms with Gasteiger partial charge in [0.15, 0.2) is 0 Å². The molecule has 3 aromatic rings. The van der Waals surface area contributed by atoms with Crippen molar-refractivity contribution in [1.82, 2.24) is 0 Å². The Morgan fingerprint density at radius 2 is 1.52 bits per heavy atom. The van der Waals surface area contributed by atoms with Crippen LogP contribution in [0, 0.1) is 0 Å². The number of hydrogen-bond donors (Lipinski definition) is 0. The summed E-state index contributed by atoms with van der Waals surface area (Å²) in [6.07, 6.45) is 0. The Hall–Kier alpha value is -2.52. The van der Waals surface area contributed by atoms with Crippen molar-refractivity contribution in [3.8, 4) is 0 Å². The quantitative estimate of drug-likeness (QED) is 0.508. The number of fused-ring (bicyclic) bond motifs is 1. The Balaban J connectivity index is 1.81. The van der Waals surface area contributed by atoms with E-state index < -0.39 is 0 Å². The summed E-state index contributed by atoms with van der Waals surface area (Å²) < 4.78 is 0. The first-order chi connectivity index (χ1) is 13.3. The van der Waals surface area contributed by atoms with Gasteiger partial charge in [-0.1, -0.05) is 60.7 Å². The van der Waals surface area contributed by atoms with E-state index in [4.69, 9.17) is 4.99 Å². The molecule has 2 nitrogen and oxygen atoms in total. The van der Waals surface area contributed by atoms with Gasteiger partial charge >= 0.3 is 0 Å². The van der Waals surface area contributed by atoms with Gasteiger partial charge < -0.3 is 4.90 Å². The second-order valence-corrected chi connectivity index (χ2v) is 7.74. The van der Waals surface area contributed by atoms with Gasteiger partial charge in [-0.15, -0.1) is 11.8 Å². The lowest BCUT2D eigenvalue weighted by molar-refractivity contribution is 0.864. The van der Waals surface area contributed by atoms with E-state index in [-0.39, 0.29) is 5.25 Å². The van der Waals surface area contributed by atoms with Crippen LogP contribution in [-0.2, 0) is 0 Å². The summed E-state index contributed by atoms with van der Waals surface area (Å²) in [5.74, 6) is 0. The van der Waals surface area contributed by atoms with E-state index in [1.54, 1.807) is 0 Å². The highest BCUT2D eigenvalue weighted by Crippen LogP contribution is 2.47. The SMILES string of the molecule is CCN(CC)c1ccc2c(c1)SC(c1ccccc1)C(c1ccccc1)=N2. The number of benzene rings is 3. The molecule has 0 amide bonds. The fourth-order valence-electron chi connectivity index (χ4n) is 3.52. The zero-order valence-corrected chi connectivity index (χ0v) is 16.6. The molecule has 3 aromatic carbocycles. The van der Waals surface area contributed by atoms with Crippen molar-refractivity contribution in [2.24, 2.45) is 4.99 Å². The molecular weight excluding hydrogens is 348 g/mol. The molecule has 0 saturated carbocycles. The van der Waals surface area contributed by atoms with Crippen LogP contribution in [0.15, 0.2) is 88.8 Å². The molecule has 0 aliphatic carbocycles. The molecule has 1 unspecified atom stereocenters. The van der Waals surface area contributed by atoms with Gasteiger partial charge in [0.05, 0.1) is 16.6 Å². The van der Waals surface area contributed by atoms with Crippen molar-refractivity contribution in [3.05, 3.63) is 90.0 Å². The lowest BCUT2D eigenvalue weighted by atomic mass is 10.0. The Bertz CT molecular complexity index is 931. The van der Waals surface area contributed by atoms with E-state index in [0.29, 0.717) is 0 Å². The van der Waals surface area contributed by atoms with Crippen LogP contribution in [0.4, 0.5) is 11.4 Å². The molecule has 27 heavy (non-hydrogen) atoms. The minimum absolute atomic E-state index is 0.202. The van der Waals surface area contributed by atoms with Gasteiger partial charge in [0, 0.05) is 23.7 Å². The number of nitrogens with zero attached hydrogens (tertiary/aromatic N) is 2. The third-order valence-corrected chi connectivity index (χ3v) is 6.29. The minimum Gasteiger partial charge on any atom is -0.372 e. The standard InChI is InChI=1S/C24H24N2S/c1-3-26(4-2)20-15-16-21-22(17-20)27-24(19-13-9-6-10-14-19)23(25-21)18-11-7-5-8-12-18/h5-17,24H,3-4H2,1-2H3. The maximum Gasteiger partial charge on any atom is 0.0773 e. The normalized spacial score (nSPS) is 15.8. The Morgan fingerprint density at radius 1 is 0.852 bits per heavy atom. The van der Waals surface area contributed by atoms with Crippen molar-refractivity contribution in [2.75, 3.05) is 18.0 Å². The summed E-state index contributed by atoms with van der Waals surface area (Å²) in [4.78, 5) is 8.74. The van der Waals surface area contributed by atoms with Gasteiger partial charge in [-0.3, -0.25) is 4.99 Å². The second-order valence-electron chi connectivity index (χ2n) is 6.60. The molecule has 1 aliphatic heterocycles. The average Bonchev–Trinajstić information content (AvgIpc) is 2.75.